The molecule has 62 heavy (non-hydrogen) atoms. The molecule has 0 bridgehead atoms. The summed E-state index contributed by atoms with van der Waals surface area (Å²) in [7, 11) is 0. The Hall–Kier alpha value is -8.20. The van der Waals surface area contributed by atoms with Gasteiger partial charge < -0.3 is 9.32 Å². The molecule has 2 nitrogen and oxygen atoms in total. The van der Waals surface area contributed by atoms with Crippen LogP contribution in [-0.4, -0.2) is 0 Å². The first-order chi connectivity index (χ1) is 30.7. The van der Waals surface area contributed by atoms with Gasteiger partial charge in [0.05, 0.1) is 5.69 Å². The Morgan fingerprint density at radius 3 is 1.76 bits per heavy atom. The van der Waals surface area contributed by atoms with Crippen LogP contribution in [0.5, 0.6) is 0 Å². The zero-order valence-electron chi connectivity index (χ0n) is 33.9. The Kier molecular flexibility index (Phi) is 8.53. The van der Waals surface area contributed by atoms with Crippen LogP contribution in [0.2, 0.25) is 0 Å². The van der Waals surface area contributed by atoms with Crippen LogP contribution < -0.4 is 4.90 Å². The fourth-order valence-corrected chi connectivity index (χ4v) is 9.46. The average Bonchev–Trinajstić information content (AvgIpc) is 3.73. The van der Waals surface area contributed by atoms with E-state index in [-0.39, 0.29) is 0 Å². The normalized spacial score (nSPS) is 11.5. The second kappa shape index (κ2) is 14.8. The third kappa shape index (κ3) is 6.12. The van der Waals surface area contributed by atoms with Crippen molar-refractivity contribution in [1.29, 1.82) is 0 Å². The van der Waals surface area contributed by atoms with Crippen LogP contribution in [0.3, 0.4) is 0 Å². The minimum absolute atomic E-state index is 0.898. The van der Waals surface area contributed by atoms with Crippen LogP contribution in [0.15, 0.2) is 241 Å². The van der Waals surface area contributed by atoms with Gasteiger partial charge in [0.1, 0.15) is 11.2 Å². The molecule has 0 aliphatic heterocycles. The van der Waals surface area contributed by atoms with Crippen molar-refractivity contribution < 1.29 is 4.42 Å². The second-order valence-corrected chi connectivity index (χ2v) is 16.1. The average molecular weight is 790 g/mol. The minimum Gasteiger partial charge on any atom is -0.456 e. The monoisotopic (exact) mass is 789 g/mol. The summed E-state index contributed by atoms with van der Waals surface area (Å²) in [4.78, 5) is 2.40. The maximum absolute atomic E-state index is 6.27. The molecule has 1 heterocycles. The molecule has 0 spiro atoms. The van der Waals surface area contributed by atoms with E-state index in [2.05, 4.69) is 229 Å². The molecule has 0 unspecified atom stereocenters. The number of hydrogen-bond acceptors (Lipinski definition) is 2. The predicted molar refractivity (Wildman–Crippen MR) is 263 cm³/mol. The molecular formula is C60H39NO. The van der Waals surface area contributed by atoms with Crippen LogP contribution in [-0.2, 0) is 0 Å². The number of para-hydroxylation sites is 2. The maximum Gasteiger partial charge on any atom is 0.136 e. The molecule has 0 fully saturated rings. The van der Waals surface area contributed by atoms with E-state index in [0.717, 1.165) is 61.3 Å². The largest absolute Gasteiger partial charge is 0.456 e. The summed E-state index contributed by atoms with van der Waals surface area (Å²) in [6.07, 6.45) is 0. The lowest BCUT2D eigenvalue weighted by Gasteiger charge is -2.28. The minimum atomic E-state index is 0.898. The zero-order chi connectivity index (χ0) is 41.0. The Bertz CT molecular complexity index is 3630. The molecule has 0 saturated carbocycles. The van der Waals surface area contributed by atoms with Crippen LogP contribution in [0.4, 0.5) is 17.1 Å². The van der Waals surface area contributed by atoms with E-state index in [1.165, 1.54) is 54.6 Å². The van der Waals surface area contributed by atoms with Gasteiger partial charge in [-0.25, -0.2) is 0 Å². The third-order valence-electron chi connectivity index (χ3n) is 12.5. The van der Waals surface area contributed by atoms with Crippen molar-refractivity contribution in [3.8, 4) is 44.5 Å². The SMILES string of the molecule is c1cc(-c2ccc(-c3cccc4c3ccc3ccccc34)cc2)cc(N(c2ccc(-c3cccc4oc5ccccc5c34)cc2)c2ccccc2-c2ccc3ccccc3c2)c1. The topological polar surface area (TPSA) is 16.4 Å². The molecule has 0 amide bonds. The van der Waals surface area contributed by atoms with Crippen molar-refractivity contribution in [2.24, 2.45) is 0 Å². The van der Waals surface area contributed by atoms with Crippen molar-refractivity contribution in [1.82, 2.24) is 0 Å². The number of nitrogens with zero attached hydrogens (tertiary/aromatic N) is 1. The van der Waals surface area contributed by atoms with Crippen molar-refractivity contribution in [3.05, 3.63) is 237 Å². The van der Waals surface area contributed by atoms with Gasteiger partial charge in [-0.1, -0.05) is 188 Å². The van der Waals surface area contributed by atoms with Gasteiger partial charge in [0.2, 0.25) is 0 Å². The molecular weight excluding hydrogens is 751 g/mol. The van der Waals surface area contributed by atoms with Crippen molar-refractivity contribution >= 4 is 71.3 Å². The lowest BCUT2D eigenvalue weighted by atomic mass is 9.93. The Balaban J connectivity index is 0.966. The summed E-state index contributed by atoms with van der Waals surface area (Å²) in [6, 6.07) is 85.6. The number of hydrogen-bond donors (Lipinski definition) is 0. The highest BCUT2D eigenvalue weighted by Gasteiger charge is 2.19. The van der Waals surface area contributed by atoms with Gasteiger partial charge in [-0.2, -0.15) is 0 Å². The van der Waals surface area contributed by atoms with Gasteiger partial charge in [0.15, 0.2) is 0 Å². The highest BCUT2D eigenvalue weighted by molar-refractivity contribution is 6.13. The molecule has 11 aromatic carbocycles. The first kappa shape index (κ1) is 35.7. The first-order valence-electron chi connectivity index (χ1n) is 21.2. The van der Waals surface area contributed by atoms with E-state index in [4.69, 9.17) is 4.42 Å². The maximum atomic E-state index is 6.27. The predicted octanol–water partition coefficient (Wildman–Crippen LogP) is 17.2. The Labute approximate surface area is 360 Å². The zero-order valence-corrected chi connectivity index (χ0v) is 33.9. The number of rotatable bonds is 7. The second-order valence-electron chi connectivity index (χ2n) is 16.1. The van der Waals surface area contributed by atoms with Crippen LogP contribution in [0.25, 0.3) is 98.8 Å². The lowest BCUT2D eigenvalue weighted by Crippen LogP contribution is -2.11. The van der Waals surface area contributed by atoms with Crippen molar-refractivity contribution in [2.45, 2.75) is 0 Å². The molecule has 0 radical (unpaired) electrons. The van der Waals surface area contributed by atoms with E-state index in [1.807, 2.05) is 12.1 Å². The summed E-state index contributed by atoms with van der Waals surface area (Å²) in [5.41, 5.74) is 14.5. The molecule has 1 aromatic heterocycles. The summed E-state index contributed by atoms with van der Waals surface area (Å²) < 4.78 is 6.27. The number of furan rings is 1. The molecule has 12 rings (SSSR count). The first-order valence-corrected chi connectivity index (χ1v) is 21.2. The van der Waals surface area contributed by atoms with E-state index in [9.17, 15) is 0 Å². The number of anilines is 3. The van der Waals surface area contributed by atoms with E-state index in [0.29, 0.717) is 0 Å². The molecule has 12 aromatic rings. The summed E-state index contributed by atoms with van der Waals surface area (Å²) in [5.74, 6) is 0. The van der Waals surface area contributed by atoms with Crippen molar-refractivity contribution in [2.75, 3.05) is 4.90 Å². The van der Waals surface area contributed by atoms with Crippen molar-refractivity contribution in [3.63, 3.8) is 0 Å². The van der Waals surface area contributed by atoms with Gasteiger partial charge >= 0.3 is 0 Å². The van der Waals surface area contributed by atoms with Crippen LogP contribution >= 0.6 is 0 Å². The van der Waals surface area contributed by atoms with E-state index >= 15 is 0 Å². The standard InChI is InChI=1S/C60H39NO/c1-2-14-45-38-47(31-28-40(45)12-1)52-18-5-7-23-57(52)61(48-35-32-44(33-36-48)53-21-11-25-59-60(53)56-19-6-8-24-58(56)62-59)49-16-9-15-46(39-49)41-26-29-43(30-27-41)51-20-10-22-54-50-17-4-3-13-42(50)34-37-55(51)54/h1-39H. The highest BCUT2D eigenvalue weighted by atomic mass is 16.3. The molecule has 0 N–H and O–H groups in total. The molecule has 0 saturated heterocycles. The lowest BCUT2D eigenvalue weighted by molar-refractivity contribution is 0.669. The summed E-state index contributed by atoms with van der Waals surface area (Å²) in [6.45, 7) is 0. The summed E-state index contributed by atoms with van der Waals surface area (Å²) in [5, 5.41) is 9.81. The molecule has 0 atom stereocenters. The van der Waals surface area contributed by atoms with E-state index in [1.54, 1.807) is 0 Å². The molecule has 0 aliphatic carbocycles. The fourth-order valence-electron chi connectivity index (χ4n) is 9.46. The quantitative estimate of drug-likeness (QED) is 0.150. The molecule has 2 heteroatoms. The number of fused-ring (bicyclic) bond motifs is 7. The molecule has 0 aliphatic rings. The van der Waals surface area contributed by atoms with Crippen LogP contribution in [0, 0.1) is 0 Å². The Morgan fingerprint density at radius 2 is 0.871 bits per heavy atom. The van der Waals surface area contributed by atoms with Gasteiger partial charge in [0.25, 0.3) is 0 Å². The smallest absolute Gasteiger partial charge is 0.136 e. The van der Waals surface area contributed by atoms with Gasteiger partial charge in [-0.15, -0.1) is 0 Å². The van der Waals surface area contributed by atoms with E-state index < -0.39 is 0 Å². The van der Waals surface area contributed by atoms with Gasteiger partial charge in [-0.05, 0) is 120 Å². The van der Waals surface area contributed by atoms with Gasteiger partial charge in [-0.3, -0.25) is 0 Å². The fraction of sp³-hybridized carbons (Fsp3) is 0. The van der Waals surface area contributed by atoms with Gasteiger partial charge in [0, 0.05) is 27.7 Å². The molecule has 290 valence electrons. The third-order valence-corrected chi connectivity index (χ3v) is 12.5. The number of benzene rings is 11. The highest BCUT2D eigenvalue weighted by Crippen LogP contribution is 2.44. The Morgan fingerprint density at radius 1 is 0.274 bits per heavy atom. The van der Waals surface area contributed by atoms with Crippen LogP contribution in [0.1, 0.15) is 0 Å². The summed E-state index contributed by atoms with van der Waals surface area (Å²) >= 11 is 0.